The molecule has 0 heterocycles. The van der Waals surface area contributed by atoms with Crippen LogP contribution in [0.15, 0.2) is 0 Å². The van der Waals surface area contributed by atoms with E-state index in [0.29, 0.717) is 5.92 Å². The molecule has 0 aromatic heterocycles. The van der Waals surface area contributed by atoms with Gasteiger partial charge in [-0.2, -0.15) is 0 Å². The second-order valence-corrected chi connectivity index (χ2v) is 8.64. The second kappa shape index (κ2) is 4.88. The van der Waals surface area contributed by atoms with E-state index in [1.165, 1.54) is 12.8 Å². The number of fused-ring (bicyclic) bond motifs is 2. The van der Waals surface area contributed by atoms with Crippen molar-refractivity contribution in [1.29, 1.82) is 0 Å². The maximum absolute atomic E-state index is 12.3. The molecule has 0 aromatic carbocycles. The van der Waals surface area contributed by atoms with Crippen LogP contribution in [0.25, 0.3) is 0 Å². The van der Waals surface area contributed by atoms with Crippen LogP contribution in [0, 0.1) is 16.7 Å². The maximum atomic E-state index is 12.3. The zero-order valence-corrected chi connectivity index (χ0v) is 15.0. The number of ether oxygens (including phenoxy) is 1. The Labute approximate surface area is 131 Å². The summed E-state index contributed by atoms with van der Waals surface area (Å²) in [5.41, 5.74) is 0.199. The summed E-state index contributed by atoms with van der Waals surface area (Å²) < 4.78 is 6.12. The molecule has 0 saturated heterocycles. The van der Waals surface area contributed by atoms with Gasteiger partial charge in [-0.05, 0) is 43.4 Å². The molecule has 2 saturated carbocycles. The Balaban J connectivity index is 2.29. The van der Waals surface area contributed by atoms with Crippen LogP contribution in [-0.2, 0) is 9.53 Å². The molecule has 2 nitrogen and oxygen atoms in total. The van der Waals surface area contributed by atoms with Gasteiger partial charge in [0.15, 0.2) is 0 Å². The van der Waals surface area contributed by atoms with Gasteiger partial charge in [0.2, 0.25) is 0 Å². The summed E-state index contributed by atoms with van der Waals surface area (Å²) in [6.07, 6.45) is 5.35. The van der Waals surface area contributed by atoms with E-state index in [9.17, 15) is 4.79 Å². The predicted molar refractivity (Wildman–Crippen MR) is 86.4 cm³/mol. The van der Waals surface area contributed by atoms with Gasteiger partial charge in [0.1, 0.15) is 9.53 Å². The molecule has 3 heteroatoms. The van der Waals surface area contributed by atoms with Crippen LogP contribution in [0.3, 0.4) is 0 Å². The summed E-state index contributed by atoms with van der Waals surface area (Å²) in [6, 6.07) is 0. The van der Waals surface area contributed by atoms with E-state index in [1.54, 1.807) is 0 Å². The summed E-state index contributed by atoms with van der Waals surface area (Å²) in [5, 5.41) is 0. The zero-order valence-electron chi connectivity index (χ0n) is 12.9. The standard InChI is InChI=1S/C16H27IO2/c1-6-12(17)13(18)19-16(7-2)10-11-8-9-15(16,5)14(11,3)4/h11-12H,6-10H2,1-5H3. The summed E-state index contributed by atoms with van der Waals surface area (Å²) in [7, 11) is 0. The lowest BCUT2D eigenvalue weighted by Gasteiger charge is -2.47. The third-order valence-electron chi connectivity index (χ3n) is 6.50. The molecule has 2 aliphatic rings. The predicted octanol–water partition coefficient (Wildman–Crippen LogP) is 4.74. The maximum Gasteiger partial charge on any atom is 0.319 e. The first-order valence-corrected chi connectivity index (χ1v) is 8.85. The van der Waals surface area contributed by atoms with Crippen LogP contribution in [0.2, 0.25) is 0 Å². The van der Waals surface area contributed by atoms with Crippen LogP contribution in [-0.4, -0.2) is 15.5 Å². The van der Waals surface area contributed by atoms with Gasteiger partial charge < -0.3 is 4.74 Å². The highest BCUT2D eigenvalue weighted by Crippen LogP contribution is 2.71. The molecule has 4 unspecified atom stereocenters. The lowest BCUT2D eigenvalue weighted by atomic mass is 9.63. The number of esters is 1. The summed E-state index contributed by atoms with van der Waals surface area (Å²) in [4.78, 5) is 12.3. The highest BCUT2D eigenvalue weighted by molar-refractivity contribution is 14.1. The molecule has 2 rings (SSSR count). The van der Waals surface area contributed by atoms with Crippen molar-refractivity contribution in [1.82, 2.24) is 0 Å². The Hall–Kier alpha value is 0.200. The van der Waals surface area contributed by atoms with Crippen LogP contribution in [0.1, 0.15) is 66.7 Å². The summed E-state index contributed by atoms with van der Waals surface area (Å²) >= 11 is 2.21. The van der Waals surface area contributed by atoms with Crippen LogP contribution >= 0.6 is 22.6 Å². The van der Waals surface area contributed by atoms with Crippen molar-refractivity contribution < 1.29 is 9.53 Å². The molecule has 0 radical (unpaired) electrons. The molecular formula is C16H27IO2. The van der Waals surface area contributed by atoms with Crippen LogP contribution in [0.4, 0.5) is 0 Å². The summed E-state index contributed by atoms with van der Waals surface area (Å²) in [6.45, 7) is 11.3. The molecule has 0 aromatic rings. The van der Waals surface area contributed by atoms with Gasteiger partial charge in [0.05, 0.1) is 0 Å². The molecule has 110 valence electrons. The molecule has 4 atom stereocenters. The van der Waals surface area contributed by atoms with Crippen molar-refractivity contribution in [2.45, 2.75) is 76.2 Å². The quantitative estimate of drug-likeness (QED) is 0.401. The number of halogens is 1. The van der Waals surface area contributed by atoms with Gasteiger partial charge >= 0.3 is 5.97 Å². The number of alkyl halides is 1. The monoisotopic (exact) mass is 378 g/mol. The van der Waals surface area contributed by atoms with Crippen molar-refractivity contribution >= 4 is 28.6 Å². The van der Waals surface area contributed by atoms with E-state index >= 15 is 0 Å². The van der Waals surface area contributed by atoms with E-state index in [2.05, 4.69) is 50.3 Å². The molecule has 0 N–H and O–H groups in total. The van der Waals surface area contributed by atoms with Crippen molar-refractivity contribution in [3.8, 4) is 0 Å². The van der Waals surface area contributed by atoms with Crippen molar-refractivity contribution in [2.24, 2.45) is 16.7 Å². The molecule has 2 aliphatic carbocycles. The van der Waals surface area contributed by atoms with Gasteiger partial charge in [0, 0.05) is 5.41 Å². The number of carbonyl (C=O) groups is 1. The lowest BCUT2D eigenvalue weighted by Crippen LogP contribution is -2.50. The van der Waals surface area contributed by atoms with E-state index in [0.717, 1.165) is 19.3 Å². The highest BCUT2D eigenvalue weighted by atomic mass is 127. The molecule has 2 bridgehead atoms. The topological polar surface area (TPSA) is 26.3 Å². The van der Waals surface area contributed by atoms with Gasteiger partial charge in [-0.3, -0.25) is 4.79 Å². The second-order valence-electron chi connectivity index (χ2n) is 7.14. The van der Waals surface area contributed by atoms with Crippen molar-refractivity contribution in [2.75, 3.05) is 0 Å². The average Bonchev–Trinajstić information content (AvgIpc) is 2.69. The first-order valence-electron chi connectivity index (χ1n) is 7.61. The normalized spacial score (nSPS) is 41.3. The van der Waals surface area contributed by atoms with Crippen molar-refractivity contribution in [3.05, 3.63) is 0 Å². The minimum absolute atomic E-state index is 0.00507. The first-order chi connectivity index (χ1) is 8.74. The molecular weight excluding hydrogens is 351 g/mol. The Kier molecular flexibility index (Phi) is 4.01. The fourth-order valence-electron chi connectivity index (χ4n) is 4.58. The average molecular weight is 378 g/mol. The first kappa shape index (κ1) is 15.6. The Morgan fingerprint density at radius 1 is 1.37 bits per heavy atom. The van der Waals surface area contributed by atoms with Crippen LogP contribution < -0.4 is 0 Å². The van der Waals surface area contributed by atoms with E-state index < -0.39 is 0 Å². The zero-order chi connectivity index (χ0) is 14.5. The molecule has 0 spiro atoms. The van der Waals surface area contributed by atoms with Crippen LogP contribution in [0.5, 0.6) is 0 Å². The molecule has 0 amide bonds. The van der Waals surface area contributed by atoms with E-state index in [-0.39, 0.29) is 26.3 Å². The van der Waals surface area contributed by atoms with Gasteiger partial charge in [0.25, 0.3) is 0 Å². The number of hydrogen-bond donors (Lipinski definition) is 0. The Bertz CT molecular complexity index is 379. The minimum atomic E-state index is -0.227. The third kappa shape index (κ3) is 1.97. The van der Waals surface area contributed by atoms with Crippen molar-refractivity contribution in [3.63, 3.8) is 0 Å². The van der Waals surface area contributed by atoms with Gasteiger partial charge in [-0.1, -0.05) is 57.2 Å². The highest BCUT2D eigenvalue weighted by Gasteiger charge is 2.69. The number of carbonyl (C=O) groups excluding carboxylic acids is 1. The molecule has 2 fully saturated rings. The minimum Gasteiger partial charge on any atom is -0.458 e. The smallest absolute Gasteiger partial charge is 0.319 e. The molecule has 0 aliphatic heterocycles. The fraction of sp³-hybridized carbons (Fsp3) is 0.938. The van der Waals surface area contributed by atoms with Gasteiger partial charge in [-0.25, -0.2) is 0 Å². The largest absolute Gasteiger partial charge is 0.458 e. The lowest BCUT2D eigenvalue weighted by molar-refractivity contribution is -0.179. The summed E-state index contributed by atoms with van der Waals surface area (Å²) in [5.74, 6) is 0.703. The molecule has 19 heavy (non-hydrogen) atoms. The van der Waals surface area contributed by atoms with Gasteiger partial charge in [-0.15, -0.1) is 0 Å². The third-order valence-corrected chi connectivity index (χ3v) is 7.89. The SMILES string of the molecule is CCC(I)C(=O)OC1(CC)CC2CCC1(C)C2(C)C. The van der Waals surface area contributed by atoms with E-state index in [1.807, 2.05) is 6.92 Å². The Morgan fingerprint density at radius 3 is 2.37 bits per heavy atom. The number of hydrogen-bond acceptors (Lipinski definition) is 2. The Morgan fingerprint density at radius 2 is 2.00 bits per heavy atom. The number of rotatable bonds is 4. The van der Waals surface area contributed by atoms with E-state index in [4.69, 9.17) is 4.74 Å². The fourth-order valence-corrected chi connectivity index (χ4v) is 4.70.